The number of carbonyl (C=O) groups is 2. The Morgan fingerprint density at radius 1 is 1.19 bits per heavy atom. The Hall–Kier alpha value is -2.89. The van der Waals surface area contributed by atoms with Crippen LogP contribution in [0.3, 0.4) is 0 Å². The van der Waals surface area contributed by atoms with E-state index < -0.39 is 11.9 Å². The van der Waals surface area contributed by atoms with Crippen LogP contribution >= 0.6 is 0 Å². The molecule has 0 bridgehead atoms. The lowest BCUT2D eigenvalue weighted by Gasteiger charge is -2.32. The van der Waals surface area contributed by atoms with Gasteiger partial charge in [-0.3, -0.25) is 9.78 Å². The van der Waals surface area contributed by atoms with Crippen LogP contribution in [0, 0.1) is 5.92 Å². The molecule has 0 saturated carbocycles. The lowest BCUT2D eigenvalue weighted by Crippen LogP contribution is -2.48. The van der Waals surface area contributed by atoms with Crippen LogP contribution in [0.25, 0.3) is 0 Å². The van der Waals surface area contributed by atoms with Gasteiger partial charge in [0.1, 0.15) is 0 Å². The van der Waals surface area contributed by atoms with Gasteiger partial charge >= 0.3 is 12.0 Å². The van der Waals surface area contributed by atoms with Crippen LogP contribution in [0.2, 0.25) is 0 Å². The number of nitrogens with zero attached hydrogens (tertiary/aromatic N) is 2. The summed E-state index contributed by atoms with van der Waals surface area (Å²) in [5.41, 5.74) is 1.89. The lowest BCUT2D eigenvalue weighted by atomic mass is 9.98. The average Bonchev–Trinajstić information content (AvgIpc) is 2.69. The summed E-state index contributed by atoms with van der Waals surface area (Å²) in [7, 11) is 0. The van der Waals surface area contributed by atoms with E-state index in [0.29, 0.717) is 25.8 Å². The summed E-state index contributed by atoms with van der Waals surface area (Å²) in [5.74, 6) is -1.32. The summed E-state index contributed by atoms with van der Waals surface area (Å²) >= 11 is 0. The van der Waals surface area contributed by atoms with E-state index in [4.69, 9.17) is 0 Å². The fourth-order valence-corrected chi connectivity index (χ4v) is 3.27. The number of carboxylic acid groups (broad SMARTS) is 1. The predicted octanol–water partition coefficient (Wildman–Crippen LogP) is 2.87. The minimum absolute atomic E-state index is 0.219. The van der Waals surface area contributed by atoms with Crippen molar-refractivity contribution in [1.82, 2.24) is 15.2 Å². The molecule has 2 atom stereocenters. The predicted molar refractivity (Wildman–Crippen MR) is 97.6 cm³/mol. The van der Waals surface area contributed by atoms with Crippen molar-refractivity contribution in [2.45, 2.75) is 25.3 Å². The van der Waals surface area contributed by atoms with Gasteiger partial charge in [-0.1, -0.05) is 36.4 Å². The molecule has 1 aliphatic heterocycles. The molecule has 2 amide bonds. The zero-order valence-electron chi connectivity index (χ0n) is 14.5. The van der Waals surface area contributed by atoms with Gasteiger partial charge in [-0.2, -0.15) is 0 Å². The number of urea groups is 1. The van der Waals surface area contributed by atoms with Crippen LogP contribution in [0.15, 0.2) is 54.7 Å². The fraction of sp³-hybridized carbons (Fsp3) is 0.350. The number of hydrogen-bond acceptors (Lipinski definition) is 3. The van der Waals surface area contributed by atoms with Crippen molar-refractivity contribution in [2.75, 3.05) is 13.1 Å². The number of nitrogens with one attached hydrogen (secondary N) is 1. The molecule has 1 aliphatic rings. The molecule has 3 rings (SSSR count). The smallest absolute Gasteiger partial charge is 0.317 e. The number of pyridine rings is 1. The molecule has 1 saturated heterocycles. The van der Waals surface area contributed by atoms with Gasteiger partial charge < -0.3 is 15.3 Å². The normalized spacial score (nSPS) is 18.2. The van der Waals surface area contributed by atoms with Gasteiger partial charge in [-0.05, 0) is 30.5 Å². The zero-order chi connectivity index (χ0) is 18.4. The second-order valence-corrected chi connectivity index (χ2v) is 6.56. The number of rotatable bonds is 5. The molecule has 6 nitrogen and oxygen atoms in total. The Labute approximate surface area is 152 Å². The first kappa shape index (κ1) is 17.9. The molecule has 2 N–H and O–H groups in total. The first-order valence-electron chi connectivity index (χ1n) is 8.86. The summed E-state index contributed by atoms with van der Waals surface area (Å²) in [4.78, 5) is 29.9. The Kier molecular flexibility index (Phi) is 5.84. The summed E-state index contributed by atoms with van der Waals surface area (Å²) in [5, 5.41) is 12.3. The second-order valence-electron chi connectivity index (χ2n) is 6.56. The summed E-state index contributed by atoms with van der Waals surface area (Å²) in [6.45, 7) is 0.840. The fourth-order valence-electron chi connectivity index (χ4n) is 3.27. The molecule has 1 aromatic heterocycles. The maximum atomic E-state index is 12.7. The van der Waals surface area contributed by atoms with E-state index in [1.165, 1.54) is 0 Å². The van der Waals surface area contributed by atoms with E-state index in [1.54, 1.807) is 11.1 Å². The molecule has 0 spiro atoms. The van der Waals surface area contributed by atoms with Crippen LogP contribution in [0.1, 0.15) is 30.1 Å². The SMILES string of the molecule is O=C(O)[C@@H]1CCCN(C(=O)N[C@H](Cc2ccccn2)c2ccccc2)C1. The molecule has 1 aromatic carbocycles. The number of carbonyl (C=O) groups excluding carboxylic acids is 1. The summed E-state index contributed by atoms with van der Waals surface area (Å²) in [6, 6.07) is 15.0. The molecule has 6 heteroatoms. The topological polar surface area (TPSA) is 82.5 Å². The number of piperidine rings is 1. The molecular formula is C20H23N3O3. The molecule has 2 aromatic rings. The molecule has 0 radical (unpaired) electrons. The van der Waals surface area contributed by atoms with Crippen molar-refractivity contribution in [3.63, 3.8) is 0 Å². The second kappa shape index (κ2) is 8.47. The maximum absolute atomic E-state index is 12.7. The van der Waals surface area contributed by atoms with Gasteiger partial charge in [-0.25, -0.2) is 4.79 Å². The van der Waals surface area contributed by atoms with Crippen molar-refractivity contribution >= 4 is 12.0 Å². The quantitative estimate of drug-likeness (QED) is 0.866. The molecule has 2 heterocycles. The van der Waals surface area contributed by atoms with Gasteiger partial charge in [-0.15, -0.1) is 0 Å². The maximum Gasteiger partial charge on any atom is 0.317 e. The molecular weight excluding hydrogens is 330 g/mol. The molecule has 136 valence electrons. The minimum Gasteiger partial charge on any atom is -0.481 e. The van der Waals surface area contributed by atoms with Crippen LogP contribution in [0.5, 0.6) is 0 Å². The van der Waals surface area contributed by atoms with Crippen molar-refractivity contribution in [1.29, 1.82) is 0 Å². The number of carboxylic acids is 1. The van der Waals surface area contributed by atoms with E-state index in [-0.39, 0.29) is 18.6 Å². The van der Waals surface area contributed by atoms with E-state index in [1.807, 2.05) is 48.5 Å². The highest BCUT2D eigenvalue weighted by atomic mass is 16.4. The number of aromatic nitrogens is 1. The third kappa shape index (κ3) is 4.59. The van der Waals surface area contributed by atoms with Gasteiger partial charge in [0.2, 0.25) is 0 Å². The van der Waals surface area contributed by atoms with Gasteiger partial charge in [0.05, 0.1) is 12.0 Å². The first-order chi connectivity index (χ1) is 12.6. The summed E-state index contributed by atoms with van der Waals surface area (Å²) < 4.78 is 0. The highest BCUT2D eigenvalue weighted by Gasteiger charge is 2.29. The molecule has 26 heavy (non-hydrogen) atoms. The highest BCUT2D eigenvalue weighted by Crippen LogP contribution is 2.20. The molecule has 1 fully saturated rings. The first-order valence-corrected chi connectivity index (χ1v) is 8.86. The standard InChI is InChI=1S/C20H23N3O3/c24-19(25)16-9-6-12-23(14-16)20(26)22-18(15-7-2-1-3-8-15)13-17-10-4-5-11-21-17/h1-5,7-8,10-11,16,18H,6,9,12-14H2,(H,22,26)(H,24,25)/t16-,18-/m1/s1. The summed E-state index contributed by atoms with van der Waals surface area (Å²) in [6.07, 6.45) is 3.64. The van der Waals surface area contributed by atoms with Crippen molar-refractivity contribution in [2.24, 2.45) is 5.92 Å². The van der Waals surface area contributed by atoms with Crippen LogP contribution in [0.4, 0.5) is 4.79 Å². The number of aliphatic carboxylic acids is 1. The third-order valence-corrected chi connectivity index (χ3v) is 4.70. The van der Waals surface area contributed by atoms with E-state index in [0.717, 1.165) is 11.3 Å². The monoisotopic (exact) mass is 353 g/mol. The van der Waals surface area contributed by atoms with Crippen LogP contribution < -0.4 is 5.32 Å². The molecule has 0 unspecified atom stereocenters. The Bertz CT molecular complexity index is 736. The number of hydrogen-bond donors (Lipinski definition) is 2. The largest absolute Gasteiger partial charge is 0.481 e. The molecule has 0 aliphatic carbocycles. The highest BCUT2D eigenvalue weighted by molar-refractivity contribution is 5.77. The van der Waals surface area contributed by atoms with E-state index in [9.17, 15) is 14.7 Å². The minimum atomic E-state index is -0.837. The Balaban J connectivity index is 1.72. The van der Waals surface area contributed by atoms with Crippen molar-refractivity contribution in [3.8, 4) is 0 Å². The van der Waals surface area contributed by atoms with Gasteiger partial charge in [0.25, 0.3) is 0 Å². The van der Waals surface area contributed by atoms with Crippen molar-refractivity contribution in [3.05, 3.63) is 66.0 Å². The van der Waals surface area contributed by atoms with Gasteiger partial charge in [0, 0.05) is 31.4 Å². The Morgan fingerprint density at radius 3 is 2.65 bits per heavy atom. The van der Waals surface area contributed by atoms with E-state index >= 15 is 0 Å². The van der Waals surface area contributed by atoms with Gasteiger partial charge in [0.15, 0.2) is 0 Å². The zero-order valence-corrected chi connectivity index (χ0v) is 14.5. The third-order valence-electron chi connectivity index (χ3n) is 4.70. The van der Waals surface area contributed by atoms with Crippen LogP contribution in [-0.4, -0.2) is 40.1 Å². The average molecular weight is 353 g/mol. The number of benzene rings is 1. The number of amides is 2. The lowest BCUT2D eigenvalue weighted by molar-refractivity contribution is -0.143. The Morgan fingerprint density at radius 2 is 1.96 bits per heavy atom. The number of likely N-dealkylation sites (tertiary alicyclic amines) is 1. The van der Waals surface area contributed by atoms with Crippen molar-refractivity contribution < 1.29 is 14.7 Å². The van der Waals surface area contributed by atoms with Crippen LogP contribution in [-0.2, 0) is 11.2 Å². The van der Waals surface area contributed by atoms with E-state index in [2.05, 4.69) is 10.3 Å².